The van der Waals surface area contributed by atoms with Gasteiger partial charge in [-0.05, 0) is 52.7 Å². The molecule has 0 spiro atoms. The van der Waals surface area contributed by atoms with Crippen LogP contribution in [0.25, 0.3) is 0 Å². The number of halogens is 1. The Morgan fingerprint density at radius 3 is 2.71 bits per heavy atom. The van der Waals surface area contributed by atoms with E-state index in [0.717, 1.165) is 16.3 Å². The van der Waals surface area contributed by atoms with E-state index in [1.54, 1.807) is 24.5 Å². The zero-order valence-corrected chi connectivity index (χ0v) is 10.8. The second-order valence-corrected chi connectivity index (χ2v) is 4.49. The Balaban J connectivity index is 2.24. The Bertz CT molecular complexity index is 555. The molecule has 0 saturated heterocycles. The lowest BCUT2D eigenvalue weighted by molar-refractivity contribution is 0.112. The van der Waals surface area contributed by atoms with Crippen molar-refractivity contribution >= 4 is 22.2 Å². The normalized spacial score (nSPS) is 10.0. The van der Waals surface area contributed by atoms with E-state index in [0.29, 0.717) is 17.1 Å². The molecule has 2 rings (SSSR count). The number of hydrogen-bond donors (Lipinski definition) is 0. The van der Waals surface area contributed by atoms with Crippen molar-refractivity contribution in [3.63, 3.8) is 0 Å². The van der Waals surface area contributed by atoms with E-state index in [1.165, 1.54) is 0 Å². The summed E-state index contributed by atoms with van der Waals surface area (Å²) in [7, 11) is 0. The van der Waals surface area contributed by atoms with E-state index in [2.05, 4.69) is 20.9 Å². The number of carbonyl (C=O) groups is 1. The highest BCUT2D eigenvalue weighted by molar-refractivity contribution is 9.10. The van der Waals surface area contributed by atoms with Crippen molar-refractivity contribution < 1.29 is 9.53 Å². The molecule has 0 fully saturated rings. The molecule has 2 aromatic rings. The van der Waals surface area contributed by atoms with Crippen LogP contribution >= 0.6 is 15.9 Å². The minimum Gasteiger partial charge on any atom is -0.456 e. The van der Waals surface area contributed by atoms with Gasteiger partial charge in [-0.3, -0.25) is 9.78 Å². The second-order valence-electron chi connectivity index (χ2n) is 3.58. The van der Waals surface area contributed by atoms with Crippen molar-refractivity contribution in [2.45, 2.75) is 6.92 Å². The summed E-state index contributed by atoms with van der Waals surface area (Å²) in [6.45, 7) is 1.87. The summed E-state index contributed by atoms with van der Waals surface area (Å²) in [4.78, 5) is 14.7. The van der Waals surface area contributed by atoms with E-state index in [-0.39, 0.29) is 0 Å². The molecule has 3 nitrogen and oxygen atoms in total. The number of nitrogens with zero attached hydrogens (tertiary/aromatic N) is 1. The molecule has 0 N–H and O–H groups in total. The van der Waals surface area contributed by atoms with E-state index in [9.17, 15) is 4.79 Å². The van der Waals surface area contributed by atoms with Gasteiger partial charge in [-0.2, -0.15) is 0 Å². The first-order valence-electron chi connectivity index (χ1n) is 5.03. The fraction of sp³-hybridized carbons (Fsp3) is 0.0769. The molecule has 17 heavy (non-hydrogen) atoms. The smallest absolute Gasteiger partial charge is 0.150 e. The number of aldehydes is 1. The molecule has 0 saturated carbocycles. The number of benzene rings is 1. The molecule has 1 aromatic carbocycles. The molecule has 1 heterocycles. The molecule has 1 aromatic heterocycles. The van der Waals surface area contributed by atoms with Crippen LogP contribution in [0.1, 0.15) is 15.9 Å². The van der Waals surface area contributed by atoms with Crippen molar-refractivity contribution in [1.82, 2.24) is 4.98 Å². The maximum Gasteiger partial charge on any atom is 0.150 e. The average molecular weight is 292 g/mol. The molecule has 4 heteroatoms. The minimum absolute atomic E-state index is 0.651. The van der Waals surface area contributed by atoms with Gasteiger partial charge in [0, 0.05) is 16.2 Å². The Labute approximate surface area is 108 Å². The fourth-order valence-electron chi connectivity index (χ4n) is 1.43. The maximum atomic E-state index is 10.7. The van der Waals surface area contributed by atoms with Crippen LogP contribution in [0, 0.1) is 6.92 Å². The molecule has 0 aliphatic heterocycles. The minimum atomic E-state index is 0.651. The molecule has 0 amide bonds. The van der Waals surface area contributed by atoms with Crippen LogP contribution in [-0.4, -0.2) is 11.3 Å². The molecule has 0 aliphatic carbocycles. The average Bonchev–Trinajstić information content (AvgIpc) is 2.29. The summed E-state index contributed by atoms with van der Waals surface area (Å²) in [6.07, 6.45) is 4.15. The zero-order chi connectivity index (χ0) is 12.3. The first kappa shape index (κ1) is 11.8. The van der Waals surface area contributed by atoms with E-state index < -0.39 is 0 Å². The number of aryl methyl sites for hydroxylation is 1. The summed E-state index contributed by atoms with van der Waals surface area (Å²) in [6, 6.07) is 7.15. The summed E-state index contributed by atoms with van der Waals surface area (Å²) in [5.41, 5.74) is 1.56. The van der Waals surface area contributed by atoms with Gasteiger partial charge >= 0.3 is 0 Å². The van der Waals surface area contributed by atoms with Gasteiger partial charge in [0.2, 0.25) is 0 Å². The molecular formula is C13H10BrNO2. The summed E-state index contributed by atoms with van der Waals surface area (Å²) >= 11 is 3.32. The van der Waals surface area contributed by atoms with Crippen molar-refractivity contribution in [2.75, 3.05) is 0 Å². The monoisotopic (exact) mass is 291 g/mol. The maximum absolute atomic E-state index is 10.7. The van der Waals surface area contributed by atoms with Gasteiger partial charge in [-0.1, -0.05) is 0 Å². The Morgan fingerprint density at radius 2 is 2.06 bits per heavy atom. The van der Waals surface area contributed by atoms with Gasteiger partial charge < -0.3 is 4.74 Å². The van der Waals surface area contributed by atoms with Gasteiger partial charge in [-0.25, -0.2) is 0 Å². The van der Waals surface area contributed by atoms with Crippen molar-refractivity contribution in [3.05, 3.63) is 52.3 Å². The molecule has 0 atom stereocenters. The lowest BCUT2D eigenvalue weighted by atomic mass is 10.1. The molecule has 0 unspecified atom stereocenters. The standard InChI is InChI=1S/C13H10BrNO2/c1-9-4-12(3-2-10(9)8-16)17-13-5-11(14)6-15-7-13/h2-8H,1H3. The van der Waals surface area contributed by atoms with Gasteiger partial charge in [-0.15, -0.1) is 0 Å². The highest BCUT2D eigenvalue weighted by Crippen LogP contribution is 2.24. The number of aromatic nitrogens is 1. The van der Waals surface area contributed by atoms with E-state index in [1.807, 2.05) is 19.1 Å². The quantitative estimate of drug-likeness (QED) is 0.809. The van der Waals surface area contributed by atoms with Crippen LogP contribution in [0.3, 0.4) is 0 Å². The van der Waals surface area contributed by atoms with Crippen molar-refractivity contribution in [3.8, 4) is 11.5 Å². The number of carbonyl (C=O) groups excluding carboxylic acids is 1. The van der Waals surface area contributed by atoms with E-state index in [4.69, 9.17) is 4.74 Å². The fourth-order valence-corrected chi connectivity index (χ4v) is 1.77. The predicted molar refractivity (Wildman–Crippen MR) is 68.6 cm³/mol. The van der Waals surface area contributed by atoms with Gasteiger partial charge in [0.15, 0.2) is 0 Å². The molecule has 0 bridgehead atoms. The largest absolute Gasteiger partial charge is 0.456 e. The third kappa shape index (κ3) is 2.91. The third-order valence-electron chi connectivity index (χ3n) is 2.28. The lowest BCUT2D eigenvalue weighted by Crippen LogP contribution is -1.89. The number of pyridine rings is 1. The Kier molecular flexibility index (Phi) is 3.54. The molecule has 86 valence electrons. The third-order valence-corrected chi connectivity index (χ3v) is 2.72. The number of hydrogen-bond acceptors (Lipinski definition) is 3. The first-order chi connectivity index (χ1) is 8.19. The van der Waals surface area contributed by atoms with Gasteiger partial charge in [0.25, 0.3) is 0 Å². The lowest BCUT2D eigenvalue weighted by Gasteiger charge is -2.07. The van der Waals surface area contributed by atoms with Crippen LogP contribution in [0.4, 0.5) is 0 Å². The summed E-state index contributed by atoms with van der Waals surface area (Å²) in [5, 5.41) is 0. The van der Waals surface area contributed by atoms with Crippen LogP contribution in [0.2, 0.25) is 0 Å². The highest BCUT2D eigenvalue weighted by Gasteiger charge is 2.02. The SMILES string of the molecule is Cc1cc(Oc2cncc(Br)c2)ccc1C=O. The molecule has 0 aliphatic rings. The van der Waals surface area contributed by atoms with Crippen LogP contribution in [0.15, 0.2) is 41.1 Å². The summed E-state index contributed by atoms with van der Waals surface area (Å²) in [5.74, 6) is 1.34. The summed E-state index contributed by atoms with van der Waals surface area (Å²) < 4.78 is 6.49. The van der Waals surface area contributed by atoms with Crippen LogP contribution < -0.4 is 4.74 Å². The molecule has 0 radical (unpaired) electrons. The Hall–Kier alpha value is -1.68. The predicted octanol–water partition coefficient (Wildman–Crippen LogP) is 3.76. The van der Waals surface area contributed by atoms with Crippen LogP contribution in [0.5, 0.6) is 11.5 Å². The number of rotatable bonds is 3. The highest BCUT2D eigenvalue weighted by atomic mass is 79.9. The van der Waals surface area contributed by atoms with Crippen molar-refractivity contribution in [2.24, 2.45) is 0 Å². The van der Waals surface area contributed by atoms with E-state index >= 15 is 0 Å². The topological polar surface area (TPSA) is 39.2 Å². The first-order valence-corrected chi connectivity index (χ1v) is 5.82. The van der Waals surface area contributed by atoms with Gasteiger partial charge in [0.05, 0.1) is 6.20 Å². The molecular weight excluding hydrogens is 282 g/mol. The van der Waals surface area contributed by atoms with Gasteiger partial charge in [0.1, 0.15) is 17.8 Å². The zero-order valence-electron chi connectivity index (χ0n) is 9.18. The van der Waals surface area contributed by atoms with Crippen molar-refractivity contribution in [1.29, 1.82) is 0 Å². The Morgan fingerprint density at radius 1 is 1.24 bits per heavy atom. The number of ether oxygens (including phenoxy) is 1. The van der Waals surface area contributed by atoms with Crippen LogP contribution in [-0.2, 0) is 0 Å². The second kappa shape index (κ2) is 5.10.